The molecule has 12 heteroatoms. The van der Waals surface area contributed by atoms with Gasteiger partial charge < -0.3 is 5.32 Å². The molecule has 0 spiro atoms. The Labute approximate surface area is 271 Å². The molecule has 44 heavy (non-hydrogen) atoms. The summed E-state index contributed by atoms with van der Waals surface area (Å²) in [6.45, 7) is 5.99. The quantitative estimate of drug-likeness (QED) is 0.229. The summed E-state index contributed by atoms with van der Waals surface area (Å²) in [5, 5.41) is 2.96. The van der Waals surface area contributed by atoms with Gasteiger partial charge >= 0.3 is 4.87 Å². The summed E-state index contributed by atoms with van der Waals surface area (Å²) in [7, 11) is 0. The third-order valence-corrected chi connectivity index (χ3v) is 11.1. The van der Waals surface area contributed by atoms with Gasteiger partial charge in [-0.25, -0.2) is 9.29 Å². The molecule has 0 aliphatic carbocycles. The molecule has 1 saturated heterocycles. The molecule has 3 amide bonds. The second-order valence-electron chi connectivity index (χ2n) is 11.7. The predicted octanol–water partition coefficient (Wildman–Crippen LogP) is 7.09. The summed E-state index contributed by atoms with van der Waals surface area (Å²) in [4.78, 5) is 55.7. The first kappa shape index (κ1) is 30.6. The fraction of sp³-hybridized carbons (Fsp3) is 0.250. The van der Waals surface area contributed by atoms with Crippen molar-refractivity contribution in [1.82, 2.24) is 4.57 Å². The van der Waals surface area contributed by atoms with Gasteiger partial charge in [0.2, 0.25) is 17.7 Å². The van der Waals surface area contributed by atoms with Gasteiger partial charge in [-0.1, -0.05) is 91.3 Å². The Morgan fingerprint density at radius 3 is 2.25 bits per heavy atom. The van der Waals surface area contributed by atoms with Crippen LogP contribution in [0.15, 0.2) is 76.6 Å². The van der Waals surface area contributed by atoms with Crippen molar-refractivity contribution in [3.8, 4) is 0 Å². The van der Waals surface area contributed by atoms with E-state index in [4.69, 9.17) is 23.2 Å². The van der Waals surface area contributed by atoms with E-state index in [1.54, 1.807) is 12.1 Å². The number of imide groups is 1. The SMILES string of the molecule is CC(C)(C)c1ccc([C@H]2c3sc(=O)n(CC(=O)Nc4ccc(Cl)c(Cl)c4)c3SC3C(=O)N(c4ccc(F)cc4)C(=O)C32)cc1. The Morgan fingerprint density at radius 1 is 0.932 bits per heavy atom. The van der Waals surface area contributed by atoms with Crippen molar-refractivity contribution < 1.29 is 18.8 Å². The molecule has 3 heterocycles. The summed E-state index contributed by atoms with van der Waals surface area (Å²) in [5.74, 6) is -3.24. The number of thiazole rings is 1. The van der Waals surface area contributed by atoms with Crippen molar-refractivity contribution in [3.05, 3.63) is 108 Å². The van der Waals surface area contributed by atoms with Crippen molar-refractivity contribution in [1.29, 1.82) is 0 Å². The minimum atomic E-state index is -0.856. The number of thioether (sulfide) groups is 1. The fourth-order valence-corrected chi connectivity index (χ4v) is 8.64. The van der Waals surface area contributed by atoms with Gasteiger partial charge in [0.15, 0.2) is 0 Å². The van der Waals surface area contributed by atoms with Gasteiger partial charge in [-0.3, -0.25) is 23.7 Å². The van der Waals surface area contributed by atoms with Gasteiger partial charge in [0.1, 0.15) is 17.6 Å². The van der Waals surface area contributed by atoms with E-state index in [-0.39, 0.29) is 27.5 Å². The summed E-state index contributed by atoms with van der Waals surface area (Å²) < 4.78 is 15.0. The van der Waals surface area contributed by atoms with Crippen LogP contribution in [0.3, 0.4) is 0 Å². The van der Waals surface area contributed by atoms with Crippen LogP contribution in [0.4, 0.5) is 15.8 Å². The molecule has 0 saturated carbocycles. The maximum absolute atomic E-state index is 14.0. The first-order valence-electron chi connectivity index (χ1n) is 13.7. The molecule has 3 atom stereocenters. The second-order valence-corrected chi connectivity index (χ2v) is 14.6. The number of nitrogens with one attached hydrogen (secondary N) is 1. The number of aromatic nitrogens is 1. The highest BCUT2D eigenvalue weighted by atomic mass is 35.5. The minimum absolute atomic E-state index is 0.108. The smallest absolute Gasteiger partial charge is 0.308 e. The first-order chi connectivity index (χ1) is 20.8. The number of hydrogen-bond donors (Lipinski definition) is 1. The predicted molar refractivity (Wildman–Crippen MR) is 173 cm³/mol. The van der Waals surface area contributed by atoms with Crippen LogP contribution >= 0.6 is 46.3 Å². The molecule has 2 aliphatic heterocycles. The van der Waals surface area contributed by atoms with E-state index in [0.717, 1.165) is 39.1 Å². The van der Waals surface area contributed by atoms with Crippen molar-refractivity contribution in [2.24, 2.45) is 5.92 Å². The van der Waals surface area contributed by atoms with Crippen molar-refractivity contribution in [2.45, 2.75) is 48.9 Å². The molecular weight excluding hydrogens is 644 g/mol. The molecule has 6 rings (SSSR count). The van der Waals surface area contributed by atoms with E-state index in [9.17, 15) is 23.6 Å². The number of amides is 3. The topological polar surface area (TPSA) is 88.5 Å². The van der Waals surface area contributed by atoms with Gasteiger partial charge in [0.05, 0.1) is 26.7 Å². The lowest BCUT2D eigenvalue weighted by Crippen LogP contribution is -2.33. The number of carbonyl (C=O) groups excluding carboxylic acids is 3. The lowest BCUT2D eigenvalue weighted by atomic mass is 9.81. The number of benzene rings is 3. The van der Waals surface area contributed by atoms with E-state index >= 15 is 0 Å². The highest BCUT2D eigenvalue weighted by Crippen LogP contribution is 2.54. The lowest BCUT2D eigenvalue weighted by Gasteiger charge is -2.31. The molecule has 0 radical (unpaired) electrons. The average molecular weight is 671 g/mol. The molecule has 1 fully saturated rings. The number of halogens is 3. The average Bonchev–Trinajstić information content (AvgIpc) is 3.41. The van der Waals surface area contributed by atoms with Crippen molar-refractivity contribution in [3.63, 3.8) is 0 Å². The molecular formula is C32H26Cl2FN3O4S2. The van der Waals surface area contributed by atoms with Gasteiger partial charge in [-0.05, 0) is 59.0 Å². The molecule has 2 unspecified atom stereocenters. The van der Waals surface area contributed by atoms with E-state index in [2.05, 4.69) is 26.1 Å². The lowest BCUT2D eigenvalue weighted by molar-refractivity contribution is -0.122. The summed E-state index contributed by atoms with van der Waals surface area (Å²) >= 11 is 14.2. The molecule has 2 aliphatic rings. The van der Waals surface area contributed by atoms with Crippen LogP contribution in [0.2, 0.25) is 10.0 Å². The summed E-state index contributed by atoms with van der Waals surface area (Å²) in [6, 6.07) is 17.7. The van der Waals surface area contributed by atoms with Gasteiger partial charge in [-0.2, -0.15) is 0 Å². The number of hydrogen-bond acceptors (Lipinski definition) is 6. The largest absolute Gasteiger partial charge is 0.324 e. The van der Waals surface area contributed by atoms with Crippen LogP contribution in [0.5, 0.6) is 0 Å². The highest BCUT2D eigenvalue weighted by molar-refractivity contribution is 8.00. The van der Waals surface area contributed by atoms with E-state index in [1.807, 2.05) is 24.3 Å². The Morgan fingerprint density at radius 2 is 1.61 bits per heavy atom. The maximum Gasteiger partial charge on any atom is 0.308 e. The van der Waals surface area contributed by atoms with Crippen LogP contribution in [0.1, 0.15) is 42.7 Å². The zero-order valence-corrected chi connectivity index (χ0v) is 26.9. The molecule has 0 bridgehead atoms. The normalized spacial score (nSPS) is 19.6. The Kier molecular flexibility index (Phi) is 7.98. The standard InChI is InChI=1S/C32H26Cl2FN3O4S2/c1-32(2,3)17-6-4-16(5-7-17)24-25-26(29(41)38(28(25)40)20-11-8-18(35)9-12-20)43-30-27(24)44-31(42)37(30)15-23(39)36-19-10-13-21(33)22(34)14-19/h4-14,24-26H,15H2,1-3H3,(H,36,39)/t24-,25?,26?/m1/s1. The Bertz CT molecular complexity index is 1870. The molecule has 226 valence electrons. The summed E-state index contributed by atoms with van der Waals surface area (Å²) in [6.07, 6.45) is 0. The molecule has 7 nitrogen and oxygen atoms in total. The molecule has 1 N–H and O–H groups in total. The number of nitrogens with zero attached hydrogens (tertiary/aromatic N) is 2. The fourth-order valence-electron chi connectivity index (χ4n) is 5.57. The zero-order valence-electron chi connectivity index (χ0n) is 23.8. The molecule has 3 aromatic carbocycles. The monoisotopic (exact) mass is 669 g/mol. The number of rotatable bonds is 5. The van der Waals surface area contributed by atoms with Gasteiger partial charge in [-0.15, -0.1) is 0 Å². The molecule has 1 aromatic heterocycles. The van der Waals surface area contributed by atoms with Crippen LogP contribution in [-0.2, 0) is 26.3 Å². The Balaban J connectivity index is 1.41. The minimum Gasteiger partial charge on any atom is -0.324 e. The van der Waals surface area contributed by atoms with Crippen LogP contribution in [0.25, 0.3) is 0 Å². The van der Waals surface area contributed by atoms with Crippen LogP contribution in [0, 0.1) is 11.7 Å². The number of anilines is 2. The molecule has 4 aromatic rings. The van der Waals surface area contributed by atoms with Crippen molar-refractivity contribution in [2.75, 3.05) is 10.2 Å². The Hall–Kier alpha value is -3.44. The number of carbonyl (C=O) groups is 3. The summed E-state index contributed by atoms with van der Waals surface area (Å²) in [5.41, 5.74) is 2.46. The van der Waals surface area contributed by atoms with Crippen LogP contribution < -0.4 is 15.1 Å². The number of fused-ring (bicyclic) bond motifs is 2. The van der Waals surface area contributed by atoms with Crippen LogP contribution in [-0.4, -0.2) is 27.5 Å². The van der Waals surface area contributed by atoms with Gasteiger partial charge in [0.25, 0.3) is 0 Å². The third kappa shape index (κ3) is 5.49. The van der Waals surface area contributed by atoms with Gasteiger partial charge in [0, 0.05) is 16.5 Å². The van der Waals surface area contributed by atoms with Crippen molar-refractivity contribution >= 4 is 75.4 Å². The maximum atomic E-state index is 14.0. The van der Waals surface area contributed by atoms with E-state index < -0.39 is 40.6 Å². The van der Waals surface area contributed by atoms with E-state index in [1.165, 1.54) is 34.9 Å². The second kappa shape index (κ2) is 11.5. The zero-order chi connectivity index (χ0) is 31.5. The third-order valence-electron chi connectivity index (χ3n) is 7.77. The first-order valence-corrected chi connectivity index (χ1v) is 16.2. The highest BCUT2D eigenvalue weighted by Gasteiger charge is 2.56. The van der Waals surface area contributed by atoms with E-state index in [0.29, 0.717) is 20.6 Å².